The van der Waals surface area contributed by atoms with Crippen molar-refractivity contribution in [1.82, 2.24) is 4.90 Å². The van der Waals surface area contributed by atoms with Crippen molar-refractivity contribution in [2.45, 2.75) is 44.2 Å². The lowest BCUT2D eigenvalue weighted by Gasteiger charge is -2.48. The van der Waals surface area contributed by atoms with Crippen molar-refractivity contribution < 1.29 is 28.6 Å². The van der Waals surface area contributed by atoms with E-state index in [2.05, 4.69) is 4.90 Å². The summed E-state index contributed by atoms with van der Waals surface area (Å²) >= 11 is 0. The molecule has 1 aromatic rings. The first kappa shape index (κ1) is 21.0. The third-order valence-electron chi connectivity index (χ3n) is 7.90. The Morgan fingerprint density at radius 2 is 2.03 bits per heavy atom. The lowest BCUT2D eigenvalue weighted by atomic mass is 9.66. The molecule has 32 heavy (non-hydrogen) atoms. The van der Waals surface area contributed by atoms with Crippen LogP contribution in [0.15, 0.2) is 30.0 Å². The molecule has 1 spiro atoms. The molecule has 0 radical (unpaired) electrons. The molecule has 5 atom stereocenters. The summed E-state index contributed by atoms with van der Waals surface area (Å²) in [5, 5.41) is 0. The molecule has 1 aromatic carbocycles. The van der Waals surface area contributed by atoms with E-state index in [1.54, 1.807) is 13.2 Å². The van der Waals surface area contributed by atoms with E-state index in [4.69, 9.17) is 14.2 Å². The van der Waals surface area contributed by atoms with Crippen LogP contribution in [0.1, 0.15) is 32.3 Å². The molecule has 5 rings (SSSR count). The SMILES string of the molecule is COC(=O)C1=COC(C)C2CN3CCC4(C(=O)N(C(C)=O)c5cc(OC)ccc54)C3CC12. The maximum Gasteiger partial charge on any atom is 0.337 e. The molecule has 8 heteroatoms. The minimum atomic E-state index is -0.818. The number of carbonyl (C=O) groups excluding carboxylic acids is 3. The Balaban J connectivity index is 1.60. The summed E-state index contributed by atoms with van der Waals surface area (Å²) in [6, 6.07) is 5.43. The van der Waals surface area contributed by atoms with Gasteiger partial charge in [0.25, 0.3) is 0 Å². The summed E-state index contributed by atoms with van der Waals surface area (Å²) in [5.41, 5.74) is 1.19. The summed E-state index contributed by atoms with van der Waals surface area (Å²) in [6.07, 6.45) is 2.76. The van der Waals surface area contributed by atoms with Crippen LogP contribution in [0.4, 0.5) is 5.69 Å². The number of hydrogen-bond acceptors (Lipinski definition) is 7. The third-order valence-corrected chi connectivity index (χ3v) is 7.90. The average molecular weight is 440 g/mol. The number of fused-ring (bicyclic) bond motifs is 5. The number of rotatable bonds is 2. The number of amides is 2. The number of esters is 1. The number of hydrogen-bond donors (Lipinski definition) is 0. The predicted molar refractivity (Wildman–Crippen MR) is 115 cm³/mol. The van der Waals surface area contributed by atoms with E-state index >= 15 is 0 Å². The zero-order chi connectivity index (χ0) is 22.8. The smallest absolute Gasteiger partial charge is 0.337 e. The highest BCUT2D eigenvalue weighted by atomic mass is 16.5. The van der Waals surface area contributed by atoms with Crippen LogP contribution in [0, 0.1) is 11.8 Å². The van der Waals surface area contributed by atoms with Crippen molar-refractivity contribution in [2.75, 3.05) is 32.2 Å². The summed E-state index contributed by atoms with van der Waals surface area (Å²) < 4.78 is 16.2. The minimum Gasteiger partial charge on any atom is -0.497 e. The van der Waals surface area contributed by atoms with Gasteiger partial charge in [0.15, 0.2) is 0 Å². The van der Waals surface area contributed by atoms with Crippen molar-refractivity contribution in [3.8, 4) is 5.75 Å². The van der Waals surface area contributed by atoms with Gasteiger partial charge in [-0.3, -0.25) is 14.5 Å². The van der Waals surface area contributed by atoms with Gasteiger partial charge in [-0.1, -0.05) is 6.07 Å². The average Bonchev–Trinajstić information content (AvgIpc) is 3.28. The van der Waals surface area contributed by atoms with Crippen LogP contribution in [0.2, 0.25) is 0 Å². The van der Waals surface area contributed by atoms with E-state index in [1.807, 2.05) is 19.1 Å². The van der Waals surface area contributed by atoms with Crippen molar-refractivity contribution in [3.05, 3.63) is 35.6 Å². The highest BCUT2D eigenvalue weighted by Crippen LogP contribution is 2.56. The molecule has 5 unspecified atom stereocenters. The molecular weight excluding hydrogens is 412 g/mol. The molecule has 4 heterocycles. The zero-order valence-electron chi connectivity index (χ0n) is 18.8. The molecule has 0 N–H and O–H groups in total. The molecule has 0 bridgehead atoms. The largest absolute Gasteiger partial charge is 0.497 e. The van der Waals surface area contributed by atoms with E-state index in [0.717, 1.165) is 18.7 Å². The Morgan fingerprint density at radius 3 is 2.72 bits per heavy atom. The second-order valence-corrected chi connectivity index (χ2v) is 9.19. The predicted octanol–water partition coefficient (Wildman–Crippen LogP) is 2.01. The van der Waals surface area contributed by atoms with Gasteiger partial charge in [-0.25, -0.2) is 9.69 Å². The third kappa shape index (κ3) is 2.68. The number of piperidine rings is 1. The van der Waals surface area contributed by atoms with Crippen molar-refractivity contribution >= 4 is 23.5 Å². The van der Waals surface area contributed by atoms with Gasteiger partial charge in [-0.05, 0) is 37.9 Å². The first-order valence-corrected chi connectivity index (χ1v) is 11.0. The molecule has 8 nitrogen and oxygen atoms in total. The Kier molecular flexibility index (Phi) is 4.81. The van der Waals surface area contributed by atoms with Gasteiger partial charge in [0.05, 0.1) is 43.3 Å². The molecule has 0 saturated carbocycles. The standard InChI is InChI=1S/C24H28N2O6/c1-13-17-11-25-8-7-24(21(25)10-16(17)18(12-32-13)22(28)31-4)19-6-5-15(30-3)9-20(19)26(14(2)27)23(24)29/h5-6,9,12-13,16-17,21H,7-8,10-11H2,1-4H3. The van der Waals surface area contributed by atoms with Gasteiger partial charge < -0.3 is 14.2 Å². The minimum absolute atomic E-state index is 0.0320. The molecular formula is C24H28N2O6. The molecule has 170 valence electrons. The first-order chi connectivity index (χ1) is 15.3. The van der Waals surface area contributed by atoms with E-state index < -0.39 is 5.41 Å². The maximum atomic E-state index is 13.9. The van der Waals surface area contributed by atoms with E-state index in [9.17, 15) is 14.4 Å². The number of imide groups is 1. The Labute approximate surface area is 187 Å². The van der Waals surface area contributed by atoms with E-state index in [1.165, 1.54) is 25.2 Å². The summed E-state index contributed by atoms with van der Waals surface area (Å²) in [6.45, 7) is 4.92. The monoisotopic (exact) mass is 440 g/mol. The highest BCUT2D eigenvalue weighted by Gasteiger charge is 2.63. The fourth-order valence-corrected chi connectivity index (χ4v) is 6.36. The van der Waals surface area contributed by atoms with Gasteiger partial charge >= 0.3 is 5.97 Å². The molecule has 2 fully saturated rings. The van der Waals surface area contributed by atoms with Crippen LogP contribution in [0.25, 0.3) is 0 Å². The fraction of sp³-hybridized carbons (Fsp3) is 0.542. The quantitative estimate of drug-likeness (QED) is 0.651. The lowest BCUT2D eigenvalue weighted by Crippen LogP contribution is -2.57. The van der Waals surface area contributed by atoms with Crippen LogP contribution in [0.3, 0.4) is 0 Å². The van der Waals surface area contributed by atoms with Crippen molar-refractivity contribution in [1.29, 1.82) is 0 Å². The second kappa shape index (κ2) is 7.33. The number of ether oxygens (including phenoxy) is 3. The number of nitrogens with zero attached hydrogens (tertiary/aromatic N) is 2. The van der Waals surface area contributed by atoms with Crippen LogP contribution in [0.5, 0.6) is 5.75 Å². The van der Waals surface area contributed by atoms with E-state index in [-0.39, 0.29) is 41.8 Å². The first-order valence-electron chi connectivity index (χ1n) is 11.0. The molecule has 2 saturated heterocycles. The molecule has 4 aliphatic heterocycles. The maximum absolute atomic E-state index is 13.9. The molecule has 2 amide bonds. The highest BCUT2D eigenvalue weighted by molar-refractivity contribution is 6.23. The fourth-order valence-electron chi connectivity index (χ4n) is 6.36. The number of anilines is 1. The van der Waals surface area contributed by atoms with Crippen LogP contribution < -0.4 is 9.64 Å². The lowest BCUT2D eigenvalue weighted by molar-refractivity contribution is -0.139. The van der Waals surface area contributed by atoms with Gasteiger partial charge in [-0.15, -0.1) is 0 Å². The van der Waals surface area contributed by atoms with E-state index in [0.29, 0.717) is 29.9 Å². The van der Waals surface area contributed by atoms with Crippen LogP contribution in [-0.2, 0) is 29.3 Å². The van der Waals surface area contributed by atoms with Gasteiger partial charge in [0.1, 0.15) is 5.75 Å². The number of methoxy groups -OCH3 is 2. The summed E-state index contributed by atoms with van der Waals surface area (Å²) in [7, 11) is 2.94. The number of benzene rings is 1. The van der Waals surface area contributed by atoms with Crippen LogP contribution in [-0.4, -0.2) is 62.1 Å². The normalized spacial score (nSPS) is 33.2. The summed E-state index contributed by atoms with van der Waals surface area (Å²) in [5.74, 6) is -0.195. The number of carbonyl (C=O) groups is 3. The Bertz CT molecular complexity index is 1040. The van der Waals surface area contributed by atoms with Crippen molar-refractivity contribution in [3.63, 3.8) is 0 Å². The van der Waals surface area contributed by atoms with Gasteiger partial charge in [-0.2, -0.15) is 0 Å². The Hall–Kier alpha value is -2.87. The van der Waals surface area contributed by atoms with Gasteiger partial charge in [0.2, 0.25) is 11.8 Å². The summed E-state index contributed by atoms with van der Waals surface area (Å²) in [4.78, 5) is 42.6. The molecule has 4 aliphatic rings. The second-order valence-electron chi connectivity index (χ2n) is 9.19. The zero-order valence-corrected chi connectivity index (χ0v) is 18.8. The Morgan fingerprint density at radius 1 is 1.25 bits per heavy atom. The van der Waals surface area contributed by atoms with Crippen molar-refractivity contribution in [2.24, 2.45) is 11.8 Å². The molecule has 0 aliphatic carbocycles. The molecule has 0 aromatic heterocycles. The van der Waals surface area contributed by atoms with Gasteiger partial charge in [0, 0.05) is 37.4 Å². The van der Waals surface area contributed by atoms with Crippen LogP contribution >= 0.6 is 0 Å². The topological polar surface area (TPSA) is 85.4 Å².